The van der Waals surface area contributed by atoms with E-state index in [0.717, 1.165) is 0 Å². The van der Waals surface area contributed by atoms with Crippen molar-refractivity contribution in [1.82, 2.24) is 0 Å². The third kappa shape index (κ3) is 3.17. The largest absolute Gasteiger partial charge is 0.457 e. The second kappa shape index (κ2) is 6.42. The highest BCUT2D eigenvalue weighted by molar-refractivity contribution is 14.1. The molecular formula is C14H7F4IO2. The van der Waals surface area contributed by atoms with Crippen LogP contribution < -0.4 is 0 Å². The summed E-state index contributed by atoms with van der Waals surface area (Å²) in [6.45, 7) is -0.199. The summed E-state index contributed by atoms with van der Waals surface area (Å²) >= 11 is 1.22. The minimum atomic E-state index is -2.04. The lowest BCUT2D eigenvalue weighted by atomic mass is 10.2. The van der Waals surface area contributed by atoms with Gasteiger partial charge in [-0.1, -0.05) is 30.3 Å². The fourth-order valence-corrected chi connectivity index (χ4v) is 2.27. The van der Waals surface area contributed by atoms with Gasteiger partial charge in [-0.15, -0.1) is 0 Å². The molecule has 0 aromatic heterocycles. The Hall–Kier alpha value is -1.64. The van der Waals surface area contributed by atoms with Crippen LogP contribution in [0.25, 0.3) is 0 Å². The molecule has 0 spiro atoms. The fraction of sp³-hybridized carbons (Fsp3) is 0.0714. The molecule has 0 unspecified atom stereocenters. The Morgan fingerprint density at radius 3 is 2.14 bits per heavy atom. The van der Waals surface area contributed by atoms with E-state index in [0.29, 0.717) is 5.56 Å². The van der Waals surface area contributed by atoms with Crippen LogP contribution in [-0.4, -0.2) is 5.97 Å². The van der Waals surface area contributed by atoms with Crippen molar-refractivity contribution in [3.8, 4) is 0 Å². The molecular weight excluding hydrogens is 403 g/mol. The molecule has 0 N–H and O–H groups in total. The van der Waals surface area contributed by atoms with Gasteiger partial charge in [0.15, 0.2) is 23.3 Å². The predicted molar refractivity (Wildman–Crippen MR) is 74.6 cm³/mol. The molecule has 0 atom stereocenters. The number of esters is 1. The van der Waals surface area contributed by atoms with Gasteiger partial charge in [-0.2, -0.15) is 0 Å². The van der Waals surface area contributed by atoms with E-state index < -0.39 is 38.4 Å². The molecule has 0 aliphatic heterocycles. The lowest BCUT2D eigenvalue weighted by Crippen LogP contribution is -2.14. The van der Waals surface area contributed by atoms with Crippen molar-refractivity contribution < 1.29 is 27.1 Å². The van der Waals surface area contributed by atoms with Crippen LogP contribution in [0.1, 0.15) is 15.9 Å². The monoisotopic (exact) mass is 410 g/mol. The maximum atomic E-state index is 13.6. The van der Waals surface area contributed by atoms with Crippen molar-refractivity contribution in [2.24, 2.45) is 0 Å². The average molecular weight is 410 g/mol. The van der Waals surface area contributed by atoms with E-state index in [1.54, 1.807) is 30.3 Å². The first-order valence-electron chi connectivity index (χ1n) is 5.66. The summed E-state index contributed by atoms with van der Waals surface area (Å²) in [5.74, 6) is -8.66. The second-order valence-electron chi connectivity index (χ2n) is 4.01. The molecule has 7 heteroatoms. The van der Waals surface area contributed by atoms with Crippen molar-refractivity contribution in [2.75, 3.05) is 0 Å². The smallest absolute Gasteiger partial charge is 0.342 e. The molecule has 0 amide bonds. The highest BCUT2D eigenvalue weighted by atomic mass is 127. The summed E-state index contributed by atoms with van der Waals surface area (Å²) in [6.07, 6.45) is 0. The van der Waals surface area contributed by atoms with Crippen LogP contribution in [0, 0.1) is 26.8 Å². The first-order valence-corrected chi connectivity index (χ1v) is 6.73. The quantitative estimate of drug-likeness (QED) is 0.249. The lowest BCUT2D eigenvalue weighted by Gasteiger charge is -2.09. The number of benzene rings is 2. The standard InChI is InChI=1S/C14H7F4IO2/c15-9-8(13(19)12(18)11(17)10(9)16)14(20)21-6-7-4-2-1-3-5-7/h1-5H,6H2. The summed E-state index contributed by atoms with van der Waals surface area (Å²) in [5, 5.41) is 0. The van der Waals surface area contributed by atoms with Crippen LogP contribution in [0.2, 0.25) is 0 Å². The minimum absolute atomic E-state index is 0.199. The van der Waals surface area contributed by atoms with E-state index in [1.807, 2.05) is 0 Å². The zero-order valence-corrected chi connectivity index (χ0v) is 12.5. The number of hydrogen-bond donors (Lipinski definition) is 0. The molecule has 0 bridgehead atoms. The molecule has 0 saturated carbocycles. The number of carbonyl (C=O) groups is 1. The lowest BCUT2D eigenvalue weighted by molar-refractivity contribution is 0.0463. The van der Waals surface area contributed by atoms with E-state index in [1.165, 1.54) is 22.6 Å². The third-order valence-corrected chi connectivity index (χ3v) is 3.64. The Balaban J connectivity index is 2.28. The van der Waals surface area contributed by atoms with E-state index in [4.69, 9.17) is 4.74 Å². The van der Waals surface area contributed by atoms with Gasteiger partial charge in [-0.25, -0.2) is 22.4 Å². The molecule has 0 aliphatic rings. The van der Waals surface area contributed by atoms with Gasteiger partial charge in [-0.05, 0) is 28.2 Å². The van der Waals surface area contributed by atoms with Gasteiger partial charge in [0.25, 0.3) is 0 Å². The van der Waals surface area contributed by atoms with Gasteiger partial charge < -0.3 is 4.74 Å². The van der Waals surface area contributed by atoms with Gasteiger partial charge in [-0.3, -0.25) is 0 Å². The maximum absolute atomic E-state index is 13.6. The molecule has 2 aromatic rings. The Labute approximate surface area is 130 Å². The highest BCUT2D eigenvalue weighted by Crippen LogP contribution is 2.26. The fourth-order valence-electron chi connectivity index (χ4n) is 1.58. The summed E-state index contributed by atoms with van der Waals surface area (Å²) in [7, 11) is 0. The van der Waals surface area contributed by atoms with Gasteiger partial charge in [0.2, 0.25) is 0 Å². The Bertz CT molecular complexity index is 660. The number of ether oxygens (including phenoxy) is 1. The van der Waals surface area contributed by atoms with E-state index in [2.05, 4.69) is 0 Å². The van der Waals surface area contributed by atoms with Crippen molar-refractivity contribution >= 4 is 28.6 Å². The number of hydrogen-bond acceptors (Lipinski definition) is 2. The molecule has 0 saturated heterocycles. The normalized spacial score (nSPS) is 10.5. The van der Waals surface area contributed by atoms with Crippen LogP contribution >= 0.6 is 22.6 Å². The number of carbonyl (C=O) groups excluding carboxylic acids is 1. The molecule has 21 heavy (non-hydrogen) atoms. The maximum Gasteiger partial charge on any atom is 0.342 e. The highest BCUT2D eigenvalue weighted by Gasteiger charge is 2.28. The Kier molecular flexibility index (Phi) is 4.81. The number of halogens is 5. The summed E-state index contributed by atoms with van der Waals surface area (Å²) < 4.78 is 57.2. The van der Waals surface area contributed by atoms with Crippen LogP contribution in [0.15, 0.2) is 30.3 Å². The zero-order chi connectivity index (χ0) is 15.6. The van der Waals surface area contributed by atoms with E-state index in [9.17, 15) is 22.4 Å². The van der Waals surface area contributed by atoms with Gasteiger partial charge in [0.1, 0.15) is 12.2 Å². The van der Waals surface area contributed by atoms with Crippen LogP contribution in [0.3, 0.4) is 0 Å². The first-order chi connectivity index (χ1) is 9.93. The predicted octanol–water partition coefficient (Wildman–Crippen LogP) is 4.20. The van der Waals surface area contributed by atoms with Gasteiger partial charge in [0, 0.05) is 0 Å². The third-order valence-electron chi connectivity index (χ3n) is 2.63. The SMILES string of the molecule is O=C(OCc1ccccc1)c1c(F)c(F)c(F)c(F)c1I. The topological polar surface area (TPSA) is 26.3 Å². The summed E-state index contributed by atoms with van der Waals surface area (Å²) in [4.78, 5) is 11.8. The second-order valence-corrected chi connectivity index (χ2v) is 5.09. The molecule has 2 aromatic carbocycles. The molecule has 110 valence electrons. The van der Waals surface area contributed by atoms with Gasteiger partial charge in [0.05, 0.1) is 3.57 Å². The first kappa shape index (κ1) is 15.7. The van der Waals surface area contributed by atoms with Crippen molar-refractivity contribution in [3.63, 3.8) is 0 Å². The average Bonchev–Trinajstić information content (AvgIpc) is 2.50. The summed E-state index contributed by atoms with van der Waals surface area (Å²) in [6, 6.07) is 8.45. The molecule has 0 heterocycles. The van der Waals surface area contributed by atoms with Gasteiger partial charge >= 0.3 is 5.97 Å². The molecule has 2 nitrogen and oxygen atoms in total. The zero-order valence-electron chi connectivity index (χ0n) is 10.3. The van der Waals surface area contributed by atoms with Crippen LogP contribution in [-0.2, 0) is 11.3 Å². The molecule has 2 rings (SSSR count). The molecule has 0 fully saturated rings. The summed E-state index contributed by atoms with van der Waals surface area (Å²) in [5.41, 5.74) is -0.341. The van der Waals surface area contributed by atoms with Crippen molar-refractivity contribution in [1.29, 1.82) is 0 Å². The minimum Gasteiger partial charge on any atom is -0.457 e. The molecule has 0 aliphatic carbocycles. The van der Waals surface area contributed by atoms with E-state index >= 15 is 0 Å². The van der Waals surface area contributed by atoms with Crippen LogP contribution in [0.5, 0.6) is 0 Å². The van der Waals surface area contributed by atoms with E-state index in [-0.39, 0.29) is 6.61 Å². The Morgan fingerprint density at radius 2 is 1.52 bits per heavy atom. The molecule has 0 radical (unpaired) electrons. The number of rotatable bonds is 3. The van der Waals surface area contributed by atoms with Crippen molar-refractivity contribution in [3.05, 3.63) is 68.3 Å². The van der Waals surface area contributed by atoms with Crippen molar-refractivity contribution in [2.45, 2.75) is 6.61 Å². The Morgan fingerprint density at radius 1 is 0.952 bits per heavy atom. The van der Waals surface area contributed by atoms with Crippen LogP contribution in [0.4, 0.5) is 17.6 Å².